The fraction of sp³-hybridized carbons (Fsp3) is 0.300. The van der Waals surface area contributed by atoms with E-state index in [1.54, 1.807) is 43.3 Å². The Morgan fingerprint density at radius 1 is 1.02 bits per heavy atom. The fourth-order valence-corrected chi connectivity index (χ4v) is 5.50. The molecule has 6 rings (SSSR count). The molecule has 0 spiro atoms. The lowest BCUT2D eigenvalue weighted by atomic mass is 9.91. The maximum absolute atomic E-state index is 14.1. The van der Waals surface area contributed by atoms with Crippen molar-refractivity contribution < 1.29 is 36.6 Å². The van der Waals surface area contributed by atoms with E-state index in [-0.39, 0.29) is 23.9 Å². The van der Waals surface area contributed by atoms with Gasteiger partial charge in [0.2, 0.25) is 11.8 Å². The van der Waals surface area contributed by atoms with Gasteiger partial charge in [-0.1, -0.05) is 24.3 Å². The van der Waals surface area contributed by atoms with Gasteiger partial charge in [-0.3, -0.25) is 4.79 Å². The molecule has 0 radical (unpaired) electrons. The van der Waals surface area contributed by atoms with E-state index in [1.807, 2.05) is 6.07 Å². The van der Waals surface area contributed by atoms with Crippen LogP contribution in [0.4, 0.5) is 13.2 Å². The molecule has 1 aliphatic carbocycles. The number of esters is 1. The third-order valence-electron chi connectivity index (χ3n) is 7.39. The van der Waals surface area contributed by atoms with Crippen LogP contribution in [0, 0.1) is 6.92 Å². The molecule has 0 saturated carbocycles. The third kappa shape index (κ3) is 4.78. The molecule has 2 atom stereocenters. The number of benzene rings is 3. The Bertz CT molecular complexity index is 1580. The molecule has 206 valence electrons. The summed E-state index contributed by atoms with van der Waals surface area (Å²) >= 11 is 0. The Morgan fingerprint density at radius 2 is 1.77 bits per heavy atom. The molecule has 0 unspecified atom stereocenters. The quantitative estimate of drug-likeness (QED) is 0.243. The van der Waals surface area contributed by atoms with E-state index < -0.39 is 17.8 Å². The van der Waals surface area contributed by atoms with E-state index in [4.69, 9.17) is 18.6 Å². The molecule has 4 aromatic rings. The first-order chi connectivity index (χ1) is 19.2. The van der Waals surface area contributed by atoms with Gasteiger partial charge in [-0.05, 0) is 59.4 Å². The van der Waals surface area contributed by atoms with Crippen LogP contribution in [0.5, 0.6) is 11.5 Å². The topological polar surface area (TPSA) is 83.7 Å². The largest absolute Gasteiger partial charge is 0.492 e. The molecule has 1 aliphatic heterocycles. The summed E-state index contributed by atoms with van der Waals surface area (Å²) in [5.41, 5.74) is 2.80. The molecule has 2 heterocycles. The molecule has 1 aromatic heterocycles. The van der Waals surface area contributed by atoms with Crippen molar-refractivity contribution in [1.29, 1.82) is 0 Å². The van der Waals surface area contributed by atoms with E-state index in [2.05, 4.69) is 10.2 Å². The van der Waals surface area contributed by atoms with Gasteiger partial charge in [0.1, 0.15) is 17.6 Å². The molecular formula is C30H25F3N2O5. The Hall–Kier alpha value is -4.34. The van der Waals surface area contributed by atoms with Gasteiger partial charge < -0.3 is 18.6 Å². The summed E-state index contributed by atoms with van der Waals surface area (Å²) in [4.78, 5) is 11.7. The van der Waals surface area contributed by atoms with Gasteiger partial charge in [-0.25, -0.2) is 0 Å². The summed E-state index contributed by atoms with van der Waals surface area (Å²) in [6.45, 7) is 2.04. The molecule has 0 amide bonds. The van der Waals surface area contributed by atoms with Crippen LogP contribution in [0.25, 0.3) is 22.6 Å². The van der Waals surface area contributed by atoms with E-state index in [0.29, 0.717) is 59.4 Å². The summed E-state index contributed by atoms with van der Waals surface area (Å²) in [7, 11) is 1.35. The highest BCUT2D eigenvalue weighted by atomic mass is 19.4. The van der Waals surface area contributed by atoms with Crippen LogP contribution in [0.3, 0.4) is 0 Å². The van der Waals surface area contributed by atoms with Crippen LogP contribution >= 0.6 is 0 Å². The molecule has 2 aliphatic rings. The predicted octanol–water partition coefficient (Wildman–Crippen LogP) is 6.84. The van der Waals surface area contributed by atoms with Crippen molar-refractivity contribution in [3.63, 3.8) is 0 Å². The van der Waals surface area contributed by atoms with Crippen LogP contribution in [0.15, 0.2) is 59.0 Å². The number of carbonyl (C=O) groups excluding carboxylic acids is 1. The van der Waals surface area contributed by atoms with E-state index in [9.17, 15) is 18.0 Å². The Morgan fingerprint density at radius 3 is 2.48 bits per heavy atom. The standard InChI is InChI=1S/C30H25F3N2O5/c1-16-34-35-29(39-16)18-5-3-17(4-6-18)28-23-10-12-25(22(23)9-11-24(28)30(31,32)33)40-20-7-8-21-19(13-27(36)37-2)15-38-26(21)14-20/h3-9,11,14,19,25H,10,12-13,15H2,1-2H3/t19-,25-/m1/s1. The molecule has 10 heteroatoms. The smallest absolute Gasteiger partial charge is 0.417 e. The number of methoxy groups -OCH3 is 1. The molecule has 0 fully saturated rings. The molecule has 0 bridgehead atoms. The number of alkyl halides is 3. The van der Waals surface area contributed by atoms with Crippen LogP contribution in [-0.2, 0) is 22.1 Å². The zero-order chi connectivity index (χ0) is 28.0. The van der Waals surface area contributed by atoms with Gasteiger partial charge in [-0.2, -0.15) is 13.2 Å². The van der Waals surface area contributed by atoms with Gasteiger partial charge >= 0.3 is 12.1 Å². The zero-order valence-electron chi connectivity index (χ0n) is 21.7. The summed E-state index contributed by atoms with van der Waals surface area (Å²) in [5, 5.41) is 7.79. The summed E-state index contributed by atoms with van der Waals surface area (Å²) in [5.74, 6) is 1.49. The van der Waals surface area contributed by atoms with Gasteiger partial charge in [0.25, 0.3) is 0 Å². The number of carbonyl (C=O) groups is 1. The lowest BCUT2D eigenvalue weighted by Gasteiger charge is -2.20. The van der Waals surface area contributed by atoms with Gasteiger partial charge in [0.15, 0.2) is 0 Å². The first kappa shape index (κ1) is 25.9. The van der Waals surface area contributed by atoms with E-state index >= 15 is 0 Å². The van der Waals surface area contributed by atoms with Crippen molar-refractivity contribution in [2.24, 2.45) is 0 Å². The molecule has 7 nitrogen and oxygen atoms in total. The highest BCUT2D eigenvalue weighted by Crippen LogP contribution is 2.47. The highest BCUT2D eigenvalue weighted by Gasteiger charge is 2.38. The van der Waals surface area contributed by atoms with Crippen molar-refractivity contribution in [3.05, 3.63) is 82.7 Å². The molecule has 0 saturated heterocycles. The van der Waals surface area contributed by atoms with Crippen LogP contribution < -0.4 is 9.47 Å². The highest BCUT2D eigenvalue weighted by molar-refractivity contribution is 5.76. The summed E-state index contributed by atoms with van der Waals surface area (Å²) in [6, 6.07) is 14.8. The number of fused-ring (bicyclic) bond motifs is 2. The maximum atomic E-state index is 14.1. The average molecular weight is 551 g/mol. The maximum Gasteiger partial charge on any atom is 0.417 e. The van der Waals surface area contributed by atoms with Crippen molar-refractivity contribution in [3.8, 4) is 34.1 Å². The molecular weight excluding hydrogens is 525 g/mol. The van der Waals surface area contributed by atoms with Crippen LogP contribution in [0.1, 0.15) is 53.0 Å². The molecule has 0 N–H and O–H groups in total. The third-order valence-corrected chi connectivity index (χ3v) is 7.39. The number of nitrogens with zero attached hydrogens (tertiary/aromatic N) is 2. The summed E-state index contributed by atoms with van der Waals surface area (Å²) in [6.07, 6.45) is -3.75. The zero-order valence-corrected chi connectivity index (χ0v) is 21.7. The second-order valence-electron chi connectivity index (χ2n) is 9.89. The van der Waals surface area contributed by atoms with Crippen molar-refractivity contribution in [1.82, 2.24) is 10.2 Å². The second-order valence-corrected chi connectivity index (χ2v) is 9.89. The normalized spacial score (nSPS) is 17.7. The minimum absolute atomic E-state index is 0.0951. The van der Waals surface area contributed by atoms with Crippen LogP contribution in [0.2, 0.25) is 0 Å². The number of hydrogen-bond acceptors (Lipinski definition) is 7. The fourth-order valence-electron chi connectivity index (χ4n) is 5.50. The monoisotopic (exact) mass is 550 g/mol. The second kappa shape index (κ2) is 10.0. The lowest BCUT2D eigenvalue weighted by molar-refractivity contribution is -0.141. The van der Waals surface area contributed by atoms with Gasteiger partial charge in [0, 0.05) is 30.0 Å². The Labute approximate surface area is 227 Å². The van der Waals surface area contributed by atoms with E-state index in [1.165, 1.54) is 13.2 Å². The van der Waals surface area contributed by atoms with Crippen molar-refractivity contribution in [2.45, 2.75) is 44.4 Å². The van der Waals surface area contributed by atoms with Gasteiger partial charge in [0.05, 0.1) is 25.7 Å². The minimum Gasteiger partial charge on any atom is -0.492 e. The lowest BCUT2D eigenvalue weighted by Crippen LogP contribution is -2.10. The summed E-state index contributed by atoms with van der Waals surface area (Å²) < 4.78 is 64.7. The predicted molar refractivity (Wildman–Crippen MR) is 138 cm³/mol. The number of hydrogen-bond donors (Lipinski definition) is 0. The van der Waals surface area contributed by atoms with Crippen molar-refractivity contribution >= 4 is 5.97 Å². The Kier molecular flexibility index (Phi) is 6.48. The first-order valence-electron chi connectivity index (χ1n) is 12.9. The number of aryl methyl sites for hydroxylation is 1. The number of ether oxygens (including phenoxy) is 3. The number of halogens is 3. The number of rotatable bonds is 6. The van der Waals surface area contributed by atoms with Crippen LogP contribution in [-0.4, -0.2) is 29.9 Å². The number of aromatic nitrogens is 2. The molecule has 3 aromatic carbocycles. The SMILES string of the molecule is COC(=O)C[C@@H]1COc2cc(O[C@@H]3CCc4c3ccc(C(F)(F)F)c4-c3ccc(-c4nnc(C)o4)cc3)ccc21. The Balaban J connectivity index is 1.30. The van der Waals surface area contributed by atoms with E-state index in [0.717, 1.165) is 17.2 Å². The minimum atomic E-state index is -4.52. The average Bonchev–Trinajstić information content (AvgIpc) is 3.66. The molecule has 40 heavy (non-hydrogen) atoms. The first-order valence-corrected chi connectivity index (χ1v) is 12.9. The van der Waals surface area contributed by atoms with Gasteiger partial charge in [-0.15, -0.1) is 10.2 Å². The van der Waals surface area contributed by atoms with Crippen molar-refractivity contribution in [2.75, 3.05) is 13.7 Å².